The maximum absolute atomic E-state index is 12.7. The van der Waals surface area contributed by atoms with E-state index in [1.54, 1.807) is 7.05 Å². The minimum Gasteiger partial charge on any atom is -0.356 e. The van der Waals surface area contributed by atoms with Crippen molar-refractivity contribution in [3.63, 3.8) is 0 Å². The second kappa shape index (κ2) is 9.62. The Kier molecular flexibility index (Phi) is 7.97. The summed E-state index contributed by atoms with van der Waals surface area (Å²) in [5, 5.41) is 3.30. The first kappa shape index (κ1) is 23.2. The zero-order valence-electron chi connectivity index (χ0n) is 16.9. The van der Waals surface area contributed by atoms with Crippen LogP contribution < -0.4 is 5.32 Å². The maximum atomic E-state index is 12.7. The highest BCUT2D eigenvalue weighted by Crippen LogP contribution is 2.30. The molecule has 164 valence electrons. The molecule has 0 radical (unpaired) electrons. The smallest absolute Gasteiger partial charge is 0.356 e. The van der Waals surface area contributed by atoms with E-state index in [0.29, 0.717) is 29.7 Å². The van der Waals surface area contributed by atoms with E-state index < -0.39 is 15.5 Å². The lowest BCUT2D eigenvalue weighted by Gasteiger charge is -2.33. The number of sulfonamides is 1. The Morgan fingerprint density at radius 1 is 1.21 bits per heavy atom. The minimum absolute atomic E-state index is 0.101. The number of rotatable bonds is 6. The van der Waals surface area contributed by atoms with Gasteiger partial charge in [0.1, 0.15) is 0 Å². The third kappa shape index (κ3) is 5.50. The summed E-state index contributed by atoms with van der Waals surface area (Å²) in [5.41, 5.74) is -5.23. The number of guanidine groups is 1. The fraction of sp³-hybridized carbons (Fsp3) is 0.941. The Hall–Kier alpha value is -1.07. The van der Waals surface area contributed by atoms with Crippen molar-refractivity contribution in [2.24, 2.45) is 10.9 Å². The third-order valence-electron chi connectivity index (χ3n) is 5.72. The van der Waals surface area contributed by atoms with E-state index in [9.17, 15) is 21.6 Å². The molecule has 0 aliphatic carbocycles. The summed E-state index contributed by atoms with van der Waals surface area (Å²) < 4.78 is 61.5. The van der Waals surface area contributed by atoms with Gasteiger partial charge in [-0.3, -0.25) is 9.89 Å². The number of alkyl halides is 3. The molecule has 0 amide bonds. The van der Waals surface area contributed by atoms with Gasteiger partial charge in [-0.2, -0.15) is 17.5 Å². The van der Waals surface area contributed by atoms with Gasteiger partial charge in [0.05, 0.1) is 0 Å². The summed E-state index contributed by atoms with van der Waals surface area (Å²) in [7, 11) is -1.52. The predicted molar refractivity (Wildman–Crippen MR) is 104 cm³/mol. The van der Waals surface area contributed by atoms with Crippen molar-refractivity contribution in [2.75, 3.05) is 53.4 Å². The molecule has 0 aromatic rings. The molecule has 0 aromatic carbocycles. The zero-order valence-corrected chi connectivity index (χ0v) is 17.7. The molecule has 2 fully saturated rings. The molecule has 2 rings (SSSR count). The van der Waals surface area contributed by atoms with Gasteiger partial charge in [0.2, 0.25) is 0 Å². The normalized spacial score (nSPS) is 23.9. The van der Waals surface area contributed by atoms with Crippen LogP contribution in [0.4, 0.5) is 13.2 Å². The molecule has 0 aromatic heterocycles. The van der Waals surface area contributed by atoms with E-state index >= 15 is 0 Å². The van der Waals surface area contributed by atoms with Crippen LogP contribution in [-0.4, -0.2) is 93.4 Å². The Bertz CT molecular complexity index is 633. The first-order valence-electron chi connectivity index (χ1n) is 9.82. The highest BCUT2D eigenvalue weighted by molar-refractivity contribution is 7.90. The molecule has 0 spiro atoms. The molecule has 28 heavy (non-hydrogen) atoms. The monoisotopic (exact) mass is 427 g/mol. The van der Waals surface area contributed by atoms with Crippen LogP contribution in [0.15, 0.2) is 4.99 Å². The second-order valence-corrected chi connectivity index (χ2v) is 9.46. The average molecular weight is 428 g/mol. The summed E-state index contributed by atoms with van der Waals surface area (Å²) in [6, 6.07) is 0.504. The predicted octanol–water partition coefficient (Wildman–Crippen LogP) is 1.54. The molecule has 1 atom stereocenters. The van der Waals surface area contributed by atoms with Crippen LogP contribution in [-0.2, 0) is 10.0 Å². The van der Waals surface area contributed by atoms with Gasteiger partial charge in [-0.25, -0.2) is 8.42 Å². The number of hydrogen-bond acceptors (Lipinski definition) is 4. The van der Waals surface area contributed by atoms with Gasteiger partial charge in [-0.1, -0.05) is 6.92 Å². The van der Waals surface area contributed by atoms with Crippen LogP contribution in [0.2, 0.25) is 0 Å². The summed E-state index contributed by atoms with van der Waals surface area (Å²) in [5.74, 6) is 0.872. The number of nitrogens with zero attached hydrogens (tertiary/aromatic N) is 4. The van der Waals surface area contributed by atoms with E-state index in [1.807, 2.05) is 7.05 Å². The lowest BCUT2D eigenvalue weighted by atomic mass is 9.98. The molecule has 7 nitrogen and oxygen atoms in total. The van der Waals surface area contributed by atoms with Crippen molar-refractivity contribution in [2.45, 2.75) is 44.2 Å². The zero-order chi connectivity index (χ0) is 20.9. The largest absolute Gasteiger partial charge is 0.511 e. The SMILES string of the molecule is CCN1CCCC1CN(C)C(=NC)NCC1CCN(S(=O)(=O)C(F)(F)F)CC1. The molecular formula is C17H32F3N5O2S. The lowest BCUT2D eigenvalue weighted by molar-refractivity contribution is -0.0496. The van der Waals surface area contributed by atoms with Gasteiger partial charge in [0.25, 0.3) is 0 Å². The van der Waals surface area contributed by atoms with E-state index in [4.69, 9.17) is 0 Å². The van der Waals surface area contributed by atoms with Gasteiger partial charge < -0.3 is 10.2 Å². The number of nitrogens with one attached hydrogen (secondary N) is 1. The molecule has 2 aliphatic rings. The number of halogens is 3. The van der Waals surface area contributed by atoms with E-state index in [0.717, 1.165) is 25.6 Å². The number of likely N-dealkylation sites (N-methyl/N-ethyl adjacent to an activating group) is 2. The van der Waals surface area contributed by atoms with Gasteiger partial charge in [0, 0.05) is 46.3 Å². The van der Waals surface area contributed by atoms with Gasteiger partial charge >= 0.3 is 15.5 Å². The molecule has 2 aliphatic heterocycles. The van der Waals surface area contributed by atoms with E-state index in [2.05, 4.69) is 27.0 Å². The summed E-state index contributed by atoms with van der Waals surface area (Å²) in [4.78, 5) is 8.85. The first-order chi connectivity index (χ1) is 13.1. The van der Waals surface area contributed by atoms with Crippen molar-refractivity contribution in [3.05, 3.63) is 0 Å². The molecule has 2 heterocycles. The van der Waals surface area contributed by atoms with Gasteiger partial charge in [-0.05, 0) is 44.7 Å². The standard InChI is InChI=1S/C17H32F3N5O2S/c1-4-24-9-5-6-15(24)13-23(3)16(21-2)22-12-14-7-10-25(11-8-14)28(26,27)17(18,19)20/h14-15H,4-13H2,1-3H3,(H,21,22). The number of likely N-dealkylation sites (tertiary alicyclic amines) is 1. The van der Waals surface area contributed by atoms with E-state index in [1.165, 1.54) is 12.8 Å². The van der Waals surface area contributed by atoms with Gasteiger partial charge in [-0.15, -0.1) is 0 Å². The van der Waals surface area contributed by atoms with Crippen LogP contribution in [0.5, 0.6) is 0 Å². The molecule has 1 unspecified atom stereocenters. The summed E-state index contributed by atoms with van der Waals surface area (Å²) >= 11 is 0. The third-order valence-corrected chi connectivity index (χ3v) is 7.35. The summed E-state index contributed by atoms with van der Waals surface area (Å²) in [6.45, 7) is 5.56. The van der Waals surface area contributed by atoms with Crippen LogP contribution in [0.3, 0.4) is 0 Å². The van der Waals surface area contributed by atoms with Crippen LogP contribution in [0.25, 0.3) is 0 Å². The fourth-order valence-corrected chi connectivity index (χ4v) is 5.03. The second-order valence-electron chi connectivity index (χ2n) is 7.53. The Morgan fingerprint density at radius 3 is 2.39 bits per heavy atom. The lowest BCUT2D eigenvalue weighted by Crippen LogP contribution is -2.49. The molecule has 0 bridgehead atoms. The average Bonchev–Trinajstić information content (AvgIpc) is 3.08. The van der Waals surface area contributed by atoms with Crippen LogP contribution in [0, 0.1) is 5.92 Å². The molecule has 1 N–H and O–H groups in total. The molecular weight excluding hydrogens is 395 g/mol. The number of aliphatic imine (C=N–C) groups is 1. The fourth-order valence-electron chi connectivity index (χ4n) is 4.04. The minimum atomic E-state index is -5.23. The Balaban J connectivity index is 1.80. The van der Waals surface area contributed by atoms with Crippen molar-refractivity contribution in [3.8, 4) is 0 Å². The highest BCUT2D eigenvalue weighted by Gasteiger charge is 2.50. The quantitative estimate of drug-likeness (QED) is 0.515. The van der Waals surface area contributed by atoms with Crippen LogP contribution >= 0.6 is 0 Å². The first-order valence-corrected chi connectivity index (χ1v) is 11.3. The highest BCUT2D eigenvalue weighted by atomic mass is 32.2. The maximum Gasteiger partial charge on any atom is 0.511 e. The topological polar surface area (TPSA) is 68.2 Å². The summed E-state index contributed by atoms with van der Waals surface area (Å²) in [6.07, 6.45) is 3.17. The van der Waals surface area contributed by atoms with Crippen LogP contribution in [0.1, 0.15) is 32.6 Å². The van der Waals surface area contributed by atoms with Crippen molar-refractivity contribution in [1.29, 1.82) is 0 Å². The molecule has 0 saturated carbocycles. The number of piperidine rings is 1. The van der Waals surface area contributed by atoms with Crippen molar-refractivity contribution in [1.82, 2.24) is 19.4 Å². The molecule has 2 saturated heterocycles. The Labute approximate surface area is 166 Å². The van der Waals surface area contributed by atoms with Gasteiger partial charge in [0.15, 0.2) is 5.96 Å². The van der Waals surface area contributed by atoms with E-state index in [-0.39, 0.29) is 19.0 Å². The molecule has 11 heteroatoms. The Morgan fingerprint density at radius 2 is 1.86 bits per heavy atom. The van der Waals surface area contributed by atoms with Crippen molar-refractivity contribution < 1.29 is 21.6 Å². The number of hydrogen-bond donors (Lipinski definition) is 1. The van der Waals surface area contributed by atoms with Crippen molar-refractivity contribution >= 4 is 16.0 Å².